The Morgan fingerprint density at radius 2 is 2.07 bits per heavy atom. The number of rotatable bonds is 7. The highest BCUT2D eigenvalue weighted by Crippen LogP contribution is 2.30. The third kappa shape index (κ3) is 4.07. The minimum Gasteiger partial charge on any atom is -0.481 e. The summed E-state index contributed by atoms with van der Waals surface area (Å²) < 4.78 is 5.35. The van der Waals surface area contributed by atoms with Gasteiger partial charge in [-0.1, -0.05) is 13.3 Å². The van der Waals surface area contributed by atoms with E-state index in [1.165, 1.54) is 0 Å². The standard InChI is InChI=1S/C10H18O4/c1-2-3-8-9(14-8)5-4-7(11)6-10(12)13/h7-9,11H,2-6H2,1H3,(H,12,13). The Hall–Kier alpha value is -0.610. The summed E-state index contributed by atoms with van der Waals surface area (Å²) in [5.41, 5.74) is 0. The number of hydrogen-bond donors (Lipinski definition) is 2. The summed E-state index contributed by atoms with van der Waals surface area (Å²) in [6, 6.07) is 0. The molecule has 4 nitrogen and oxygen atoms in total. The first kappa shape index (κ1) is 11.5. The van der Waals surface area contributed by atoms with Crippen molar-refractivity contribution in [3.05, 3.63) is 0 Å². The van der Waals surface area contributed by atoms with E-state index in [2.05, 4.69) is 6.92 Å². The van der Waals surface area contributed by atoms with Crippen molar-refractivity contribution in [3.8, 4) is 0 Å². The Morgan fingerprint density at radius 1 is 1.43 bits per heavy atom. The highest BCUT2D eigenvalue weighted by Gasteiger charge is 2.37. The van der Waals surface area contributed by atoms with Gasteiger partial charge in [-0.15, -0.1) is 0 Å². The lowest BCUT2D eigenvalue weighted by atomic mass is 10.1. The van der Waals surface area contributed by atoms with Crippen molar-refractivity contribution in [1.82, 2.24) is 0 Å². The summed E-state index contributed by atoms with van der Waals surface area (Å²) in [5, 5.41) is 17.7. The summed E-state index contributed by atoms with van der Waals surface area (Å²) in [6.07, 6.45) is 3.22. The molecule has 2 N–H and O–H groups in total. The maximum Gasteiger partial charge on any atom is 0.305 e. The second kappa shape index (κ2) is 5.32. The van der Waals surface area contributed by atoms with E-state index in [1.807, 2.05) is 0 Å². The van der Waals surface area contributed by atoms with Crippen LogP contribution in [0, 0.1) is 0 Å². The number of carboxylic acids is 1. The van der Waals surface area contributed by atoms with Crippen molar-refractivity contribution >= 4 is 5.97 Å². The summed E-state index contributed by atoms with van der Waals surface area (Å²) in [5.74, 6) is -0.945. The molecule has 1 aliphatic rings. The van der Waals surface area contributed by atoms with Crippen LogP contribution in [0.5, 0.6) is 0 Å². The van der Waals surface area contributed by atoms with E-state index in [4.69, 9.17) is 9.84 Å². The van der Waals surface area contributed by atoms with E-state index in [1.54, 1.807) is 0 Å². The lowest BCUT2D eigenvalue weighted by molar-refractivity contribution is -0.139. The lowest BCUT2D eigenvalue weighted by Crippen LogP contribution is -2.13. The van der Waals surface area contributed by atoms with Crippen molar-refractivity contribution in [2.45, 2.75) is 57.3 Å². The highest BCUT2D eigenvalue weighted by molar-refractivity contribution is 5.67. The van der Waals surface area contributed by atoms with Crippen molar-refractivity contribution in [3.63, 3.8) is 0 Å². The zero-order valence-corrected chi connectivity index (χ0v) is 8.48. The number of aliphatic hydroxyl groups is 1. The molecule has 3 unspecified atom stereocenters. The third-order valence-electron chi connectivity index (χ3n) is 2.46. The molecule has 0 aromatic heterocycles. The van der Waals surface area contributed by atoms with Gasteiger partial charge in [-0.2, -0.15) is 0 Å². The van der Waals surface area contributed by atoms with Crippen LogP contribution in [0.15, 0.2) is 0 Å². The van der Waals surface area contributed by atoms with Gasteiger partial charge >= 0.3 is 5.97 Å². The number of epoxide rings is 1. The van der Waals surface area contributed by atoms with E-state index < -0.39 is 12.1 Å². The molecule has 1 saturated heterocycles. The molecule has 4 heteroatoms. The van der Waals surface area contributed by atoms with Gasteiger partial charge in [0.05, 0.1) is 24.7 Å². The van der Waals surface area contributed by atoms with Crippen LogP contribution in [-0.4, -0.2) is 34.5 Å². The summed E-state index contributed by atoms with van der Waals surface area (Å²) in [7, 11) is 0. The predicted molar refractivity (Wildman–Crippen MR) is 51.1 cm³/mol. The van der Waals surface area contributed by atoms with Crippen molar-refractivity contribution in [1.29, 1.82) is 0 Å². The maximum atomic E-state index is 10.2. The molecule has 3 atom stereocenters. The first-order valence-corrected chi connectivity index (χ1v) is 5.18. The molecular formula is C10H18O4. The van der Waals surface area contributed by atoms with E-state index >= 15 is 0 Å². The van der Waals surface area contributed by atoms with Crippen molar-refractivity contribution < 1.29 is 19.7 Å². The molecule has 0 amide bonds. The van der Waals surface area contributed by atoms with E-state index in [9.17, 15) is 9.90 Å². The first-order chi connectivity index (χ1) is 6.63. The number of carboxylic acid groups (broad SMARTS) is 1. The Bertz CT molecular complexity index is 193. The number of aliphatic carboxylic acids is 1. The minimum absolute atomic E-state index is 0.162. The van der Waals surface area contributed by atoms with E-state index in [0.29, 0.717) is 12.5 Å². The van der Waals surface area contributed by atoms with Gasteiger partial charge in [0.1, 0.15) is 0 Å². The largest absolute Gasteiger partial charge is 0.481 e. The van der Waals surface area contributed by atoms with Gasteiger partial charge in [0.2, 0.25) is 0 Å². The lowest BCUT2D eigenvalue weighted by Gasteiger charge is -2.05. The first-order valence-electron chi connectivity index (χ1n) is 5.18. The van der Waals surface area contributed by atoms with Gasteiger partial charge in [-0.05, 0) is 19.3 Å². The smallest absolute Gasteiger partial charge is 0.305 e. The molecule has 0 aromatic carbocycles. The number of hydrogen-bond acceptors (Lipinski definition) is 3. The minimum atomic E-state index is -0.945. The SMILES string of the molecule is CCCC1OC1CCC(O)CC(=O)O. The maximum absolute atomic E-state index is 10.2. The van der Waals surface area contributed by atoms with Crippen molar-refractivity contribution in [2.24, 2.45) is 0 Å². The second-order valence-corrected chi connectivity index (χ2v) is 3.83. The molecule has 0 bridgehead atoms. The molecule has 1 rings (SSSR count). The van der Waals surface area contributed by atoms with Crippen LogP contribution in [0.4, 0.5) is 0 Å². The molecule has 1 fully saturated rings. The van der Waals surface area contributed by atoms with Gasteiger partial charge in [0.25, 0.3) is 0 Å². The molecule has 0 radical (unpaired) electrons. The van der Waals surface area contributed by atoms with Crippen LogP contribution in [0.2, 0.25) is 0 Å². The Kier molecular flexibility index (Phi) is 4.35. The fraction of sp³-hybridized carbons (Fsp3) is 0.900. The summed E-state index contributed by atoms with van der Waals surface area (Å²) in [6.45, 7) is 2.11. The van der Waals surface area contributed by atoms with Gasteiger partial charge in [-0.3, -0.25) is 4.79 Å². The van der Waals surface area contributed by atoms with Crippen LogP contribution < -0.4 is 0 Å². The predicted octanol–water partition coefficient (Wildman–Crippen LogP) is 1.17. The fourth-order valence-electron chi connectivity index (χ4n) is 1.63. The van der Waals surface area contributed by atoms with Crippen LogP contribution in [0.3, 0.4) is 0 Å². The Labute approximate surface area is 83.9 Å². The summed E-state index contributed by atoms with van der Waals surface area (Å²) >= 11 is 0. The molecule has 0 aliphatic carbocycles. The van der Waals surface area contributed by atoms with Gasteiger partial charge in [0.15, 0.2) is 0 Å². The zero-order chi connectivity index (χ0) is 10.6. The molecule has 0 aromatic rings. The van der Waals surface area contributed by atoms with Crippen LogP contribution in [0.1, 0.15) is 39.0 Å². The molecule has 0 saturated carbocycles. The van der Waals surface area contributed by atoms with Crippen molar-refractivity contribution in [2.75, 3.05) is 0 Å². The Morgan fingerprint density at radius 3 is 2.64 bits per heavy atom. The van der Waals surface area contributed by atoms with Gasteiger partial charge in [-0.25, -0.2) is 0 Å². The molecule has 82 valence electrons. The van der Waals surface area contributed by atoms with Crippen LogP contribution in [0.25, 0.3) is 0 Å². The number of carbonyl (C=O) groups is 1. The molecule has 0 spiro atoms. The molecule has 1 heterocycles. The average Bonchev–Trinajstić information content (AvgIpc) is 2.80. The van der Waals surface area contributed by atoms with Gasteiger partial charge < -0.3 is 14.9 Å². The van der Waals surface area contributed by atoms with E-state index in [-0.39, 0.29) is 12.5 Å². The van der Waals surface area contributed by atoms with Crippen LogP contribution in [-0.2, 0) is 9.53 Å². The zero-order valence-electron chi connectivity index (χ0n) is 8.48. The van der Waals surface area contributed by atoms with E-state index in [0.717, 1.165) is 19.3 Å². The fourth-order valence-corrected chi connectivity index (χ4v) is 1.63. The second-order valence-electron chi connectivity index (χ2n) is 3.83. The number of aliphatic hydroxyl groups excluding tert-OH is 1. The molecule has 1 aliphatic heterocycles. The van der Waals surface area contributed by atoms with Gasteiger partial charge in [0, 0.05) is 0 Å². The molecular weight excluding hydrogens is 184 g/mol. The third-order valence-corrected chi connectivity index (χ3v) is 2.46. The monoisotopic (exact) mass is 202 g/mol. The van der Waals surface area contributed by atoms with Crippen LogP contribution >= 0.6 is 0 Å². The Balaban J connectivity index is 2.02. The highest BCUT2D eigenvalue weighted by atomic mass is 16.6. The topological polar surface area (TPSA) is 70.1 Å². The summed E-state index contributed by atoms with van der Waals surface area (Å²) in [4.78, 5) is 10.2. The normalized spacial score (nSPS) is 27.3. The number of ether oxygens (including phenoxy) is 1. The molecule has 14 heavy (non-hydrogen) atoms. The average molecular weight is 202 g/mol. The quantitative estimate of drug-likeness (QED) is 0.608.